The summed E-state index contributed by atoms with van der Waals surface area (Å²) in [6.07, 6.45) is 2.34. The van der Waals surface area contributed by atoms with Crippen LogP contribution < -0.4 is 5.32 Å². The van der Waals surface area contributed by atoms with E-state index in [0.717, 1.165) is 13.0 Å². The van der Waals surface area contributed by atoms with E-state index in [1.54, 1.807) is 0 Å². The lowest BCUT2D eigenvalue weighted by Gasteiger charge is -2.36. The summed E-state index contributed by atoms with van der Waals surface area (Å²) in [6.45, 7) is 7.99. The second-order valence-electron chi connectivity index (χ2n) is 5.75. The average Bonchev–Trinajstić information content (AvgIpc) is 2.70. The molecule has 94 valence electrons. The van der Waals surface area contributed by atoms with Gasteiger partial charge >= 0.3 is 0 Å². The largest absolute Gasteiger partial charge is 0.380 e. The fraction of sp³-hybridized carbons (Fsp3) is 0.600. The van der Waals surface area contributed by atoms with Crippen molar-refractivity contribution < 1.29 is 0 Å². The first-order valence-electron chi connectivity index (χ1n) is 6.58. The molecule has 17 heavy (non-hydrogen) atoms. The van der Waals surface area contributed by atoms with Gasteiger partial charge in [-0.2, -0.15) is 0 Å². The van der Waals surface area contributed by atoms with Crippen molar-refractivity contribution in [3.63, 3.8) is 0 Å². The van der Waals surface area contributed by atoms with Gasteiger partial charge < -0.3 is 5.32 Å². The Bertz CT molecular complexity index is 359. The molecular formula is C15H24N2. The normalized spacial score (nSPS) is 19.2. The van der Waals surface area contributed by atoms with Gasteiger partial charge in [0, 0.05) is 23.8 Å². The van der Waals surface area contributed by atoms with Gasteiger partial charge in [0.25, 0.3) is 0 Å². The highest BCUT2D eigenvalue weighted by molar-refractivity contribution is 5.56. The first kappa shape index (κ1) is 12.4. The number of benzene rings is 1. The van der Waals surface area contributed by atoms with Crippen LogP contribution in [0.1, 0.15) is 32.8 Å². The Labute approximate surface area is 105 Å². The van der Waals surface area contributed by atoms with Crippen molar-refractivity contribution in [1.29, 1.82) is 0 Å². The van der Waals surface area contributed by atoms with E-state index >= 15 is 0 Å². The zero-order valence-electron chi connectivity index (χ0n) is 11.5. The molecular weight excluding hydrogens is 208 g/mol. The van der Waals surface area contributed by atoms with Gasteiger partial charge in [0.1, 0.15) is 0 Å². The number of hydrogen-bond donors (Lipinski definition) is 1. The molecule has 0 radical (unpaired) electrons. The molecule has 0 aromatic heterocycles. The minimum atomic E-state index is 0.288. The lowest BCUT2D eigenvalue weighted by molar-refractivity contribution is 0.146. The van der Waals surface area contributed by atoms with Gasteiger partial charge in [0.05, 0.1) is 0 Å². The Hall–Kier alpha value is -1.02. The van der Waals surface area contributed by atoms with Crippen LogP contribution in [0.25, 0.3) is 0 Å². The fourth-order valence-corrected chi connectivity index (χ4v) is 2.33. The maximum absolute atomic E-state index is 3.62. The van der Waals surface area contributed by atoms with E-state index < -0.39 is 0 Å². The molecule has 1 aliphatic heterocycles. The first-order valence-corrected chi connectivity index (χ1v) is 6.58. The molecule has 1 N–H and O–H groups in total. The maximum atomic E-state index is 3.62. The number of anilines is 1. The minimum absolute atomic E-state index is 0.288. The Morgan fingerprint density at radius 1 is 1.35 bits per heavy atom. The van der Waals surface area contributed by atoms with Crippen molar-refractivity contribution in [1.82, 2.24) is 4.90 Å². The van der Waals surface area contributed by atoms with Gasteiger partial charge in [-0.15, -0.1) is 0 Å². The molecule has 0 fully saturated rings. The van der Waals surface area contributed by atoms with Crippen molar-refractivity contribution in [2.45, 2.75) is 45.2 Å². The van der Waals surface area contributed by atoms with Gasteiger partial charge in [-0.25, -0.2) is 0 Å². The molecule has 1 aromatic carbocycles. The maximum Gasteiger partial charge on any atom is 0.0429 e. The number of likely N-dealkylation sites (N-methyl/N-ethyl adjacent to an activating group) is 1. The van der Waals surface area contributed by atoms with Crippen LogP contribution in [0.15, 0.2) is 24.3 Å². The number of rotatable bonds is 4. The van der Waals surface area contributed by atoms with E-state index in [0.29, 0.717) is 6.04 Å². The minimum Gasteiger partial charge on any atom is -0.380 e. The lowest BCUT2D eigenvalue weighted by Crippen LogP contribution is -2.45. The molecule has 1 aliphatic rings. The summed E-state index contributed by atoms with van der Waals surface area (Å²) in [7, 11) is 2.23. The molecule has 1 heterocycles. The third kappa shape index (κ3) is 2.63. The molecule has 0 amide bonds. The van der Waals surface area contributed by atoms with Crippen LogP contribution in [0, 0.1) is 0 Å². The number of nitrogens with zero attached hydrogens (tertiary/aromatic N) is 1. The van der Waals surface area contributed by atoms with Gasteiger partial charge in [0.2, 0.25) is 0 Å². The number of hydrogen-bond acceptors (Lipinski definition) is 2. The molecule has 2 rings (SSSR count). The van der Waals surface area contributed by atoms with Crippen LogP contribution >= 0.6 is 0 Å². The van der Waals surface area contributed by atoms with Crippen LogP contribution in [0.5, 0.6) is 0 Å². The second kappa shape index (κ2) is 4.69. The molecule has 0 saturated carbocycles. The predicted octanol–water partition coefficient (Wildman–Crippen LogP) is 3.14. The topological polar surface area (TPSA) is 15.3 Å². The molecule has 0 saturated heterocycles. The molecule has 0 spiro atoms. The zero-order chi connectivity index (χ0) is 12.5. The molecule has 1 atom stereocenters. The number of para-hydroxylation sites is 1. The van der Waals surface area contributed by atoms with Crippen LogP contribution in [-0.2, 0) is 6.42 Å². The molecule has 0 unspecified atom stereocenters. The summed E-state index contributed by atoms with van der Waals surface area (Å²) in [5.74, 6) is 0. The average molecular weight is 232 g/mol. The Balaban J connectivity index is 1.96. The van der Waals surface area contributed by atoms with Crippen LogP contribution in [0.4, 0.5) is 5.69 Å². The van der Waals surface area contributed by atoms with E-state index in [1.165, 1.54) is 17.7 Å². The molecule has 1 aromatic rings. The SMILES string of the molecule is CCC(C)(C)N(C)C[C@@H]1Cc2ccccc2N1. The van der Waals surface area contributed by atoms with E-state index in [-0.39, 0.29) is 5.54 Å². The zero-order valence-corrected chi connectivity index (χ0v) is 11.5. The molecule has 0 aliphatic carbocycles. The summed E-state index contributed by atoms with van der Waals surface area (Å²) in [4.78, 5) is 2.47. The highest BCUT2D eigenvalue weighted by Crippen LogP contribution is 2.26. The van der Waals surface area contributed by atoms with Crippen molar-refractivity contribution in [3.8, 4) is 0 Å². The first-order chi connectivity index (χ1) is 8.03. The van der Waals surface area contributed by atoms with Crippen molar-refractivity contribution in [2.24, 2.45) is 0 Å². The third-order valence-corrected chi connectivity index (χ3v) is 4.24. The molecule has 2 nitrogen and oxygen atoms in total. The van der Waals surface area contributed by atoms with E-state index in [9.17, 15) is 0 Å². The van der Waals surface area contributed by atoms with Gasteiger partial charge in [0.15, 0.2) is 0 Å². The van der Waals surface area contributed by atoms with E-state index in [4.69, 9.17) is 0 Å². The predicted molar refractivity (Wildman–Crippen MR) is 74.6 cm³/mol. The summed E-state index contributed by atoms with van der Waals surface area (Å²) in [5, 5.41) is 3.62. The van der Waals surface area contributed by atoms with E-state index in [1.807, 2.05) is 0 Å². The van der Waals surface area contributed by atoms with Crippen LogP contribution in [-0.4, -0.2) is 30.1 Å². The van der Waals surface area contributed by atoms with Crippen LogP contribution in [0.3, 0.4) is 0 Å². The van der Waals surface area contributed by atoms with Crippen molar-refractivity contribution in [2.75, 3.05) is 18.9 Å². The standard InChI is InChI=1S/C15H24N2/c1-5-15(2,3)17(4)11-13-10-12-8-6-7-9-14(12)16-13/h6-9,13,16H,5,10-11H2,1-4H3/t13-/m0/s1. The second-order valence-corrected chi connectivity index (χ2v) is 5.75. The van der Waals surface area contributed by atoms with Gasteiger partial charge in [-0.1, -0.05) is 25.1 Å². The summed E-state index contributed by atoms with van der Waals surface area (Å²) < 4.78 is 0. The monoisotopic (exact) mass is 232 g/mol. The highest BCUT2D eigenvalue weighted by Gasteiger charge is 2.26. The van der Waals surface area contributed by atoms with Crippen LogP contribution in [0.2, 0.25) is 0 Å². The highest BCUT2D eigenvalue weighted by atomic mass is 15.2. The van der Waals surface area contributed by atoms with Crippen molar-refractivity contribution in [3.05, 3.63) is 29.8 Å². The quantitative estimate of drug-likeness (QED) is 0.858. The summed E-state index contributed by atoms with van der Waals surface area (Å²) in [6, 6.07) is 9.20. The number of fused-ring (bicyclic) bond motifs is 1. The number of nitrogens with one attached hydrogen (secondary N) is 1. The third-order valence-electron chi connectivity index (χ3n) is 4.24. The van der Waals surface area contributed by atoms with Gasteiger partial charge in [-0.3, -0.25) is 4.90 Å². The smallest absolute Gasteiger partial charge is 0.0429 e. The molecule has 0 bridgehead atoms. The lowest BCUT2D eigenvalue weighted by atomic mass is 9.99. The Kier molecular flexibility index (Phi) is 3.43. The summed E-state index contributed by atoms with van der Waals surface area (Å²) >= 11 is 0. The Morgan fingerprint density at radius 2 is 2.06 bits per heavy atom. The van der Waals surface area contributed by atoms with Crippen molar-refractivity contribution >= 4 is 5.69 Å². The van der Waals surface area contributed by atoms with E-state index in [2.05, 4.69) is 62.3 Å². The van der Waals surface area contributed by atoms with Gasteiger partial charge in [-0.05, 0) is 45.4 Å². The molecule has 2 heteroatoms. The summed E-state index contributed by atoms with van der Waals surface area (Å²) in [5.41, 5.74) is 3.07. The fourth-order valence-electron chi connectivity index (χ4n) is 2.33. The Morgan fingerprint density at radius 3 is 2.71 bits per heavy atom.